The Morgan fingerprint density at radius 2 is 1.67 bits per heavy atom. The second-order valence-electron chi connectivity index (χ2n) is 6.93. The van der Waals surface area contributed by atoms with Gasteiger partial charge in [-0.3, -0.25) is 9.59 Å². The third-order valence-electron chi connectivity index (χ3n) is 5.14. The number of nitrogens with one attached hydrogen (secondary N) is 1. The quantitative estimate of drug-likeness (QED) is 0.688. The van der Waals surface area contributed by atoms with E-state index in [2.05, 4.69) is 5.32 Å². The minimum Gasteiger partial charge on any atom is -0.343 e. The molecule has 5 nitrogen and oxygen atoms in total. The fourth-order valence-corrected chi connectivity index (χ4v) is 3.27. The van der Waals surface area contributed by atoms with Gasteiger partial charge in [-0.25, -0.2) is 0 Å². The van der Waals surface area contributed by atoms with Crippen molar-refractivity contribution < 1.29 is 9.59 Å². The van der Waals surface area contributed by atoms with E-state index in [9.17, 15) is 9.59 Å². The summed E-state index contributed by atoms with van der Waals surface area (Å²) in [4.78, 5) is 28.0. The monoisotopic (exact) mass is 359 g/mol. The highest BCUT2D eigenvalue weighted by atomic mass is 35.5. The lowest BCUT2D eigenvalue weighted by atomic mass is 10.0. The Balaban J connectivity index is 0.00000288. The Labute approximate surface area is 152 Å². The molecule has 0 spiro atoms. The molecule has 0 aromatic rings. The van der Waals surface area contributed by atoms with Crippen LogP contribution in [0, 0.1) is 5.92 Å². The Morgan fingerprint density at radius 3 is 2.21 bits per heavy atom. The predicted octanol–water partition coefficient (Wildman–Crippen LogP) is 2.44. The summed E-state index contributed by atoms with van der Waals surface area (Å²) >= 11 is 0. The zero-order valence-electron chi connectivity index (χ0n) is 15.3. The molecular weight excluding hydrogens is 326 g/mol. The number of carbonyl (C=O) groups excluding carboxylic acids is 2. The summed E-state index contributed by atoms with van der Waals surface area (Å²) in [6.45, 7) is 8.39. The summed E-state index contributed by atoms with van der Waals surface area (Å²) < 4.78 is 0. The zero-order valence-corrected chi connectivity index (χ0v) is 16.1. The second kappa shape index (κ2) is 10.9. The molecule has 0 radical (unpaired) electrons. The summed E-state index contributed by atoms with van der Waals surface area (Å²) in [5.41, 5.74) is 0. The molecule has 1 saturated heterocycles. The van der Waals surface area contributed by atoms with Crippen LogP contribution in [-0.4, -0.2) is 60.4 Å². The van der Waals surface area contributed by atoms with Crippen LogP contribution in [0.2, 0.25) is 0 Å². The molecule has 0 unspecified atom stereocenters. The Bertz CT molecular complexity index is 390. The minimum absolute atomic E-state index is 0. The van der Waals surface area contributed by atoms with Gasteiger partial charge in [0.1, 0.15) is 0 Å². The molecule has 2 amide bonds. The molecule has 0 aromatic carbocycles. The van der Waals surface area contributed by atoms with Gasteiger partial charge in [-0.2, -0.15) is 0 Å². The normalized spacial score (nSPS) is 18.2. The maximum atomic E-state index is 12.3. The van der Waals surface area contributed by atoms with Crippen LogP contribution < -0.4 is 5.32 Å². The number of nitrogens with zero attached hydrogens (tertiary/aromatic N) is 2. The number of hydrogen-bond donors (Lipinski definition) is 1. The number of carbonyl (C=O) groups is 2. The fraction of sp³-hybridized carbons (Fsp3) is 0.889. The maximum absolute atomic E-state index is 12.3. The standard InChI is InChI=1S/C18H33N3O2.ClH/c1-3-20(4-2)17(22)6-5-7-18(23)21-12-10-16(11-13-21)19-14-15-8-9-15;/h15-16,19H,3-14H2,1-2H3;1H. The summed E-state index contributed by atoms with van der Waals surface area (Å²) in [5.74, 6) is 1.31. The van der Waals surface area contributed by atoms with Crippen LogP contribution in [0.15, 0.2) is 0 Å². The van der Waals surface area contributed by atoms with Crippen molar-refractivity contribution in [1.82, 2.24) is 15.1 Å². The number of likely N-dealkylation sites (tertiary alicyclic amines) is 1. The lowest BCUT2D eigenvalue weighted by Crippen LogP contribution is -2.45. The average Bonchev–Trinajstić information content (AvgIpc) is 3.39. The molecule has 0 bridgehead atoms. The molecular formula is C18H34ClN3O2. The molecule has 6 heteroatoms. The smallest absolute Gasteiger partial charge is 0.222 e. The van der Waals surface area contributed by atoms with Crippen molar-refractivity contribution >= 4 is 24.2 Å². The van der Waals surface area contributed by atoms with Crippen molar-refractivity contribution in [3.8, 4) is 0 Å². The van der Waals surface area contributed by atoms with Gasteiger partial charge in [-0.1, -0.05) is 0 Å². The highest BCUT2D eigenvalue weighted by molar-refractivity contribution is 5.85. The SMILES string of the molecule is CCN(CC)C(=O)CCCC(=O)N1CCC(NCC2CC2)CC1.Cl. The number of piperidine rings is 1. The number of rotatable bonds is 9. The van der Waals surface area contributed by atoms with Crippen LogP contribution in [0.1, 0.15) is 58.8 Å². The van der Waals surface area contributed by atoms with E-state index in [0.717, 1.165) is 51.5 Å². The largest absolute Gasteiger partial charge is 0.343 e. The van der Waals surface area contributed by atoms with Gasteiger partial charge in [0.2, 0.25) is 11.8 Å². The topological polar surface area (TPSA) is 52.7 Å². The molecule has 2 aliphatic rings. The van der Waals surface area contributed by atoms with Crippen molar-refractivity contribution in [2.24, 2.45) is 5.92 Å². The molecule has 140 valence electrons. The summed E-state index contributed by atoms with van der Waals surface area (Å²) in [6, 6.07) is 0.587. The van der Waals surface area contributed by atoms with E-state index in [1.165, 1.54) is 12.8 Å². The van der Waals surface area contributed by atoms with Gasteiger partial charge in [0.05, 0.1) is 0 Å². The van der Waals surface area contributed by atoms with Crippen molar-refractivity contribution in [3.63, 3.8) is 0 Å². The molecule has 1 aliphatic heterocycles. The molecule has 2 fully saturated rings. The van der Waals surface area contributed by atoms with E-state index in [4.69, 9.17) is 0 Å². The molecule has 24 heavy (non-hydrogen) atoms. The molecule has 0 aromatic heterocycles. The van der Waals surface area contributed by atoms with E-state index < -0.39 is 0 Å². The maximum Gasteiger partial charge on any atom is 0.222 e. The van der Waals surface area contributed by atoms with Gasteiger partial charge in [0.25, 0.3) is 0 Å². The first-order valence-corrected chi connectivity index (χ1v) is 9.43. The summed E-state index contributed by atoms with van der Waals surface area (Å²) in [5, 5.41) is 3.64. The van der Waals surface area contributed by atoms with E-state index >= 15 is 0 Å². The third-order valence-corrected chi connectivity index (χ3v) is 5.14. The van der Waals surface area contributed by atoms with E-state index in [-0.39, 0.29) is 24.2 Å². The molecule has 2 rings (SSSR count). The van der Waals surface area contributed by atoms with E-state index in [0.29, 0.717) is 25.3 Å². The zero-order chi connectivity index (χ0) is 16.7. The molecule has 1 aliphatic carbocycles. The fourth-order valence-electron chi connectivity index (χ4n) is 3.27. The van der Waals surface area contributed by atoms with Crippen LogP contribution >= 0.6 is 12.4 Å². The predicted molar refractivity (Wildman–Crippen MR) is 99.4 cm³/mol. The molecule has 1 N–H and O–H groups in total. The van der Waals surface area contributed by atoms with E-state index in [1.54, 1.807) is 0 Å². The van der Waals surface area contributed by atoms with Crippen molar-refractivity contribution in [2.75, 3.05) is 32.7 Å². The first-order valence-electron chi connectivity index (χ1n) is 9.43. The van der Waals surface area contributed by atoms with Gasteiger partial charge in [-0.05, 0) is 58.4 Å². The number of hydrogen-bond acceptors (Lipinski definition) is 3. The highest BCUT2D eigenvalue weighted by Gasteiger charge is 2.25. The lowest BCUT2D eigenvalue weighted by molar-refractivity contribution is -0.133. The Hall–Kier alpha value is -0.810. The summed E-state index contributed by atoms with van der Waals surface area (Å²) in [7, 11) is 0. The van der Waals surface area contributed by atoms with E-state index in [1.807, 2.05) is 23.6 Å². The van der Waals surface area contributed by atoms with Crippen LogP contribution in [0.4, 0.5) is 0 Å². The highest BCUT2D eigenvalue weighted by Crippen LogP contribution is 2.28. The third kappa shape index (κ3) is 6.98. The van der Waals surface area contributed by atoms with Gasteiger partial charge in [-0.15, -0.1) is 12.4 Å². The first kappa shape index (κ1) is 21.2. The van der Waals surface area contributed by atoms with Crippen LogP contribution in [0.3, 0.4) is 0 Å². The van der Waals surface area contributed by atoms with Gasteiger partial charge < -0.3 is 15.1 Å². The first-order chi connectivity index (χ1) is 11.1. The van der Waals surface area contributed by atoms with Crippen LogP contribution in [-0.2, 0) is 9.59 Å². The second-order valence-corrected chi connectivity index (χ2v) is 6.93. The van der Waals surface area contributed by atoms with Gasteiger partial charge >= 0.3 is 0 Å². The number of halogens is 1. The molecule has 0 atom stereocenters. The van der Waals surface area contributed by atoms with Crippen molar-refractivity contribution in [1.29, 1.82) is 0 Å². The Morgan fingerprint density at radius 1 is 1.04 bits per heavy atom. The molecule has 1 saturated carbocycles. The van der Waals surface area contributed by atoms with Gasteiger partial charge in [0, 0.05) is 45.1 Å². The Kier molecular flexibility index (Phi) is 9.67. The minimum atomic E-state index is 0. The number of amides is 2. The lowest BCUT2D eigenvalue weighted by Gasteiger charge is -2.32. The van der Waals surface area contributed by atoms with Crippen molar-refractivity contribution in [2.45, 2.75) is 64.8 Å². The van der Waals surface area contributed by atoms with Crippen molar-refractivity contribution in [3.05, 3.63) is 0 Å². The van der Waals surface area contributed by atoms with Gasteiger partial charge in [0.15, 0.2) is 0 Å². The summed E-state index contributed by atoms with van der Waals surface area (Å²) in [6.07, 6.45) is 6.58. The molecule has 1 heterocycles. The van der Waals surface area contributed by atoms with Crippen LogP contribution in [0.25, 0.3) is 0 Å². The van der Waals surface area contributed by atoms with Crippen LogP contribution in [0.5, 0.6) is 0 Å². The average molecular weight is 360 g/mol.